The first-order chi connectivity index (χ1) is 10.3. The van der Waals surface area contributed by atoms with Gasteiger partial charge in [0.25, 0.3) is 0 Å². The highest BCUT2D eigenvalue weighted by molar-refractivity contribution is 5.20. The van der Waals surface area contributed by atoms with Gasteiger partial charge in [0.05, 0.1) is 18.5 Å². The smallest absolute Gasteiger partial charge is 0.137 e. The first-order valence-electron chi connectivity index (χ1n) is 7.98. The van der Waals surface area contributed by atoms with Crippen LogP contribution in [0.5, 0.6) is 5.75 Å². The Morgan fingerprint density at radius 3 is 3.05 bits per heavy atom. The second-order valence-electron chi connectivity index (χ2n) is 5.84. The van der Waals surface area contributed by atoms with Crippen LogP contribution in [-0.4, -0.2) is 54.9 Å². The molecule has 0 spiro atoms. The van der Waals surface area contributed by atoms with Gasteiger partial charge in [0, 0.05) is 25.7 Å². The quantitative estimate of drug-likeness (QED) is 0.823. The van der Waals surface area contributed by atoms with Crippen molar-refractivity contribution >= 4 is 0 Å². The third-order valence-corrected chi connectivity index (χ3v) is 4.05. The maximum atomic E-state index is 5.80. The van der Waals surface area contributed by atoms with Crippen LogP contribution in [0.2, 0.25) is 0 Å². The fourth-order valence-electron chi connectivity index (χ4n) is 2.49. The van der Waals surface area contributed by atoms with Crippen LogP contribution in [0.1, 0.15) is 25.5 Å². The predicted octanol–water partition coefficient (Wildman–Crippen LogP) is 1.43. The average molecular weight is 291 g/mol. The minimum atomic E-state index is 0.162. The Labute approximate surface area is 126 Å². The van der Waals surface area contributed by atoms with Gasteiger partial charge >= 0.3 is 0 Å². The Hall–Kier alpha value is -1.17. The minimum absolute atomic E-state index is 0.162. The van der Waals surface area contributed by atoms with E-state index in [9.17, 15) is 0 Å². The molecule has 2 fully saturated rings. The Bertz CT molecular complexity index is 434. The largest absolute Gasteiger partial charge is 0.489 e. The molecule has 0 bridgehead atoms. The number of morpholine rings is 1. The van der Waals surface area contributed by atoms with Crippen molar-refractivity contribution < 1.29 is 9.47 Å². The Morgan fingerprint density at radius 1 is 1.43 bits per heavy atom. The fraction of sp³-hybridized carbons (Fsp3) is 0.688. The molecular formula is C16H25N3O2. The molecule has 1 saturated heterocycles. The van der Waals surface area contributed by atoms with Gasteiger partial charge in [-0.1, -0.05) is 6.92 Å². The molecule has 1 aliphatic heterocycles. The fourth-order valence-corrected chi connectivity index (χ4v) is 2.49. The van der Waals surface area contributed by atoms with Gasteiger partial charge < -0.3 is 14.8 Å². The number of pyridine rings is 1. The SMILES string of the molecule is CCN1CCOC(COc2ccc(CNC3CC3)nc2)C1. The van der Waals surface area contributed by atoms with E-state index in [1.54, 1.807) is 0 Å². The zero-order chi connectivity index (χ0) is 14.5. The highest BCUT2D eigenvalue weighted by Crippen LogP contribution is 2.19. The summed E-state index contributed by atoms with van der Waals surface area (Å²) >= 11 is 0. The summed E-state index contributed by atoms with van der Waals surface area (Å²) in [6.07, 6.45) is 4.58. The van der Waals surface area contributed by atoms with Gasteiger partial charge in [0.1, 0.15) is 18.5 Å². The number of aromatic nitrogens is 1. The normalized spacial score (nSPS) is 23.2. The van der Waals surface area contributed by atoms with Crippen molar-refractivity contribution in [3.8, 4) is 5.75 Å². The maximum absolute atomic E-state index is 5.80. The van der Waals surface area contributed by atoms with Crippen molar-refractivity contribution in [3.63, 3.8) is 0 Å². The summed E-state index contributed by atoms with van der Waals surface area (Å²) in [5.74, 6) is 0.822. The van der Waals surface area contributed by atoms with Gasteiger partial charge in [-0.2, -0.15) is 0 Å². The summed E-state index contributed by atoms with van der Waals surface area (Å²) in [6.45, 7) is 7.47. The zero-order valence-corrected chi connectivity index (χ0v) is 12.8. The van der Waals surface area contributed by atoms with Crippen LogP contribution in [0.25, 0.3) is 0 Å². The van der Waals surface area contributed by atoms with Gasteiger partial charge in [-0.3, -0.25) is 9.88 Å². The van der Waals surface area contributed by atoms with E-state index in [0.29, 0.717) is 12.6 Å². The Morgan fingerprint density at radius 2 is 2.33 bits per heavy atom. The van der Waals surface area contributed by atoms with E-state index in [0.717, 1.165) is 44.2 Å². The molecule has 1 aromatic heterocycles. The average Bonchev–Trinajstić information content (AvgIpc) is 3.36. The van der Waals surface area contributed by atoms with Crippen LogP contribution in [-0.2, 0) is 11.3 Å². The molecule has 3 rings (SSSR count). The van der Waals surface area contributed by atoms with Crippen molar-refractivity contribution in [2.75, 3.05) is 32.8 Å². The van der Waals surface area contributed by atoms with Crippen LogP contribution in [0.15, 0.2) is 18.3 Å². The van der Waals surface area contributed by atoms with Crippen LogP contribution in [0.4, 0.5) is 0 Å². The molecule has 2 heterocycles. The lowest BCUT2D eigenvalue weighted by molar-refractivity contribution is -0.0464. The molecular weight excluding hydrogens is 266 g/mol. The van der Waals surface area contributed by atoms with Gasteiger partial charge in [0.15, 0.2) is 0 Å². The summed E-state index contributed by atoms with van der Waals surface area (Å²) < 4.78 is 11.5. The molecule has 0 aromatic carbocycles. The second kappa shape index (κ2) is 7.20. The van der Waals surface area contributed by atoms with Crippen LogP contribution in [0.3, 0.4) is 0 Å². The van der Waals surface area contributed by atoms with E-state index in [-0.39, 0.29) is 6.10 Å². The molecule has 5 heteroatoms. The number of ether oxygens (including phenoxy) is 2. The van der Waals surface area contributed by atoms with Gasteiger partial charge in [-0.05, 0) is 31.5 Å². The van der Waals surface area contributed by atoms with E-state index in [2.05, 4.69) is 22.1 Å². The van der Waals surface area contributed by atoms with Crippen molar-refractivity contribution in [2.45, 2.75) is 38.5 Å². The lowest BCUT2D eigenvalue weighted by atomic mass is 10.3. The summed E-state index contributed by atoms with van der Waals surface area (Å²) in [7, 11) is 0. The van der Waals surface area contributed by atoms with Gasteiger partial charge in [-0.15, -0.1) is 0 Å². The molecule has 0 amide bonds. The van der Waals surface area contributed by atoms with Gasteiger partial charge in [-0.25, -0.2) is 0 Å². The molecule has 1 N–H and O–H groups in total. The maximum Gasteiger partial charge on any atom is 0.137 e. The second-order valence-corrected chi connectivity index (χ2v) is 5.84. The molecule has 0 radical (unpaired) electrons. The number of hydrogen-bond acceptors (Lipinski definition) is 5. The first-order valence-corrected chi connectivity index (χ1v) is 7.98. The molecule has 2 aliphatic rings. The standard InChI is InChI=1S/C16H25N3O2/c1-2-19-7-8-20-16(11-19)12-21-15-6-5-14(18-10-15)9-17-13-3-4-13/h5-6,10,13,16-17H,2-4,7-9,11-12H2,1H3. The number of nitrogens with one attached hydrogen (secondary N) is 1. The Kier molecular flexibility index (Phi) is 5.06. The molecule has 116 valence electrons. The summed E-state index contributed by atoms with van der Waals surface area (Å²) in [6, 6.07) is 4.75. The predicted molar refractivity (Wildman–Crippen MR) is 81.4 cm³/mol. The van der Waals surface area contributed by atoms with Crippen molar-refractivity contribution in [3.05, 3.63) is 24.0 Å². The molecule has 1 atom stereocenters. The van der Waals surface area contributed by atoms with Crippen LogP contribution in [0, 0.1) is 0 Å². The van der Waals surface area contributed by atoms with E-state index >= 15 is 0 Å². The highest BCUT2D eigenvalue weighted by Gasteiger charge is 2.21. The monoisotopic (exact) mass is 291 g/mol. The number of likely N-dealkylation sites (N-methyl/N-ethyl adjacent to an activating group) is 1. The molecule has 21 heavy (non-hydrogen) atoms. The zero-order valence-electron chi connectivity index (χ0n) is 12.8. The molecule has 1 unspecified atom stereocenters. The summed E-state index contributed by atoms with van der Waals surface area (Å²) in [4.78, 5) is 6.83. The summed E-state index contributed by atoms with van der Waals surface area (Å²) in [5.41, 5.74) is 1.07. The number of rotatable bonds is 7. The van der Waals surface area contributed by atoms with E-state index in [4.69, 9.17) is 9.47 Å². The minimum Gasteiger partial charge on any atom is -0.489 e. The van der Waals surface area contributed by atoms with Crippen molar-refractivity contribution in [1.29, 1.82) is 0 Å². The lowest BCUT2D eigenvalue weighted by Crippen LogP contribution is -2.44. The van der Waals surface area contributed by atoms with Crippen molar-refractivity contribution in [2.24, 2.45) is 0 Å². The first kappa shape index (κ1) is 14.8. The third-order valence-electron chi connectivity index (χ3n) is 4.05. The van der Waals surface area contributed by atoms with E-state index < -0.39 is 0 Å². The topological polar surface area (TPSA) is 46.6 Å². The number of hydrogen-bond donors (Lipinski definition) is 1. The molecule has 1 aliphatic carbocycles. The summed E-state index contributed by atoms with van der Waals surface area (Å²) in [5, 5.41) is 3.46. The lowest BCUT2D eigenvalue weighted by Gasteiger charge is -2.31. The van der Waals surface area contributed by atoms with E-state index in [1.807, 2.05) is 18.3 Å². The van der Waals surface area contributed by atoms with Crippen molar-refractivity contribution in [1.82, 2.24) is 15.2 Å². The van der Waals surface area contributed by atoms with Crippen LogP contribution >= 0.6 is 0 Å². The van der Waals surface area contributed by atoms with Gasteiger partial charge in [0.2, 0.25) is 0 Å². The third kappa shape index (κ3) is 4.66. The molecule has 1 saturated carbocycles. The van der Waals surface area contributed by atoms with E-state index in [1.165, 1.54) is 12.8 Å². The van der Waals surface area contributed by atoms with Crippen LogP contribution < -0.4 is 10.1 Å². The highest BCUT2D eigenvalue weighted by atomic mass is 16.5. The number of nitrogens with zero attached hydrogens (tertiary/aromatic N) is 2. The Balaban J connectivity index is 1.41. The molecule has 1 aromatic rings. The molecule has 5 nitrogen and oxygen atoms in total.